The standard InChI is InChI=1S/C26H33F3/c1-4-5-6-7-19-8-10-20(11-9-19)18(3)21-12-14-22(15-13-21)24-23(27)16-17(2)25(28)26(24)29/h12-16,18-20H,4-11H2,1-3H3. The molecule has 0 saturated heterocycles. The molecule has 158 valence electrons. The smallest absolute Gasteiger partial charge is 0.169 e. The number of unbranched alkanes of at least 4 members (excludes halogenated alkanes) is 2. The molecule has 3 rings (SSSR count). The van der Waals surface area contributed by atoms with Crippen LogP contribution in [0.4, 0.5) is 13.2 Å². The van der Waals surface area contributed by atoms with Gasteiger partial charge in [0.2, 0.25) is 0 Å². The monoisotopic (exact) mass is 402 g/mol. The zero-order valence-electron chi connectivity index (χ0n) is 17.9. The molecule has 1 saturated carbocycles. The van der Waals surface area contributed by atoms with E-state index in [4.69, 9.17) is 0 Å². The molecular weight excluding hydrogens is 369 g/mol. The van der Waals surface area contributed by atoms with E-state index in [0.29, 0.717) is 17.4 Å². The van der Waals surface area contributed by atoms with Crippen molar-refractivity contribution in [1.29, 1.82) is 0 Å². The van der Waals surface area contributed by atoms with E-state index in [9.17, 15) is 13.2 Å². The summed E-state index contributed by atoms with van der Waals surface area (Å²) in [5, 5.41) is 0. The highest BCUT2D eigenvalue weighted by molar-refractivity contribution is 5.66. The van der Waals surface area contributed by atoms with Crippen LogP contribution in [0.3, 0.4) is 0 Å². The fraction of sp³-hybridized carbons (Fsp3) is 0.538. The number of halogens is 3. The van der Waals surface area contributed by atoms with Crippen LogP contribution < -0.4 is 0 Å². The Morgan fingerprint density at radius 1 is 0.931 bits per heavy atom. The molecule has 1 fully saturated rings. The molecular formula is C26H33F3. The first-order valence-corrected chi connectivity index (χ1v) is 11.2. The lowest BCUT2D eigenvalue weighted by atomic mass is 9.73. The quantitative estimate of drug-likeness (QED) is 0.321. The molecule has 3 heteroatoms. The van der Waals surface area contributed by atoms with E-state index in [1.165, 1.54) is 63.9 Å². The molecule has 0 heterocycles. The van der Waals surface area contributed by atoms with Crippen LogP contribution in [0.1, 0.15) is 82.3 Å². The van der Waals surface area contributed by atoms with Gasteiger partial charge in [-0.1, -0.05) is 76.6 Å². The number of rotatable bonds is 7. The summed E-state index contributed by atoms with van der Waals surface area (Å²) in [7, 11) is 0. The lowest BCUT2D eigenvalue weighted by molar-refractivity contribution is 0.236. The van der Waals surface area contributed by atoms with E-state index < -0.39 is 17.5 Å². The van der Waals surface area contributed by atoms with Gasteiger partial charge in [0.15, 0.2) is 11.6 Å². The second-order valence-corrected chi connectivity index (χ2v) is 8.87. The second kappa shape index (κ2) is 9.82. The summed E-state index contributed by atoms with van der Waals surface area (Å²) < 4.78 is 42.5. The Morgan fingerprint density at radius 2 is 1.59 bits per heavy atom. The molecule has 0 aromatic heterocycles. The Kier molecular flexibility index (Phi) is 7.43. The van der Waals surface area contributed by atoms with Gasteiger partial charge >= 0.3 is 0 Å². The minimum Gasteiger partial charge on any atom is -0.206 e. The molecule has 1 atom stereocenters. The Bertz CT molecular complexity index is 802. The van der Waals surface area contributed by atoms with Crippen LogP contribution in [-0.4, -0.2) is 0 Å². The number of hydrogen-bond acceptors (Lipinski definition) is 0. The number of benzene rings is 2. The van der Waals surface area contributed by atoms with Crippen molar-refractivity contribution in [2.75, 3.05) is 0 Å². The van der Waals surface area contributed by atoms with Gasteiger partial charge in [0, 0.05) is 0 Å². The van der Waals surface area contributed by atoms with Gasteiger partial charge in [0.05, 0.1) is 5.56 Å². The fourth-order valence-corrected chi connectivity index (χ4v) is 4.86. The van der Waals surface area contributed by atoms with Crippen molar-refractivity contribution in [1.82, 2.24) is 0 Å². The third-order valence-corrected chi connectivity index (χ3v) is 6.88. The van der Waals surface area contributed by atoms with Gasteiger partial charge in [-0.15, -0.1) is 0 Å². The van der Waals surface area contributed by atoms with E-state index in [1.807, 2.05) is 12.1 Å². The second-order valence-electron chi connectivity index (χ2n) is 8.87. The predicted molar refractivity (Wildman–Crippen MR) is 114 cm³/mol. The van der Waals surface area contributed by atoms with Gasteiger partial charge in [-0.05, 0) is 60.3 Å². The average molecular weight is 403 g/mol. The molecule has 1 aliphatic carbocycles. The highest BCUT2D eigenvalue weighted by Gasteiger charge is 2.26. The minimum absolute atomic E-state index is 0.0145. The fourth-order valence-electron chi connectivity index (χ4n) is 4.86. The van der Waals surface area contributed by atoms with Crippen LogP contribution in [0.25, 0.3) is 11.1 Å². The SMILES string of the molecule is CCCCCC1CCC(C(C)c2ccc(-c3c(F)cc(C)c(F)c3F)cc2)CC1. The van der Waals surface area contributed by atoms with E-state index in [2.05, 4.69) is 13.8 Å². The van der Waals surface area contributed by atoms with Crippen molar-refractivity contribution in [3.63, 3.8) is 0 Å². The summed E-state index contributed by atoms with van der Waals surface area (Å²) in [5.41, 5.74) is 1.28. The van der Waals surface area contributed by atoms with E-state index in [-0.39, 0.29) is 11.1 Å². The van der Waals surface area contributed by atoms with Crippen LogP contribution in [-0.2, 0) is 0 Å². The maximum atomic E-state index is 14.3. The topological polar surface area (TPSA) is 0 Å². The third-order valence-electron chi connectivity index (χ3n) is 6.88. The molecule has 0 spiro atoms. The molecule has 29 heavy (non-hydrogen) atoms. The van der Waals surface area contributed by atoms with Crippen LogP contribution >= 0.6 is 0 Å². The maximum absolute atomic E-state index is 14.3. The predicted octanol–water partition coefficient (Wildman–Crippen LogP) is 8.57. The Labute approximate surface area is 173 Å². The van der Waals surface area contributed by atoms with Gasteiger partial charge in [0.25, 0.3) is 0 Å². The van der Waals surface area contributed by atoms with Gasteiger partial charge in [0.1, 0.15) is 5.82 Å². The first kappa shape index (κ1) is 21.9. The minimum atomic E-state index is -1.11. The summed E-state index contributed by atoms with van der Waals surface area (Å²) in [6.07, 6.45) is 10.5. The number of hydrogen-bond donors (Lipinski definition) is 0. The molecule has 2 aromatic carbocycles. The van der Waals surface area contributed by atoms with Crippen LogP contribution in [0.5, 0.6) is 0 Å². The van der Waals surface area contributed by atoms with E-state index in [1.54, 1.807) is 12.1 Å². The van der Waals surface area contributed by atoms with Gasteiger partial charge < -0.3 is 0 Å². The highest BCUT2D eigenvalue weighted by Crippen LogP contribution is 2.40. The van der Waals surface area contributed by atoms with Crippen molar-refractivity contribution in [3.8, 4) is 11.1 Å². The summed E-state index contributed by atoms with van der Waals surface area (Å²) >= 11 is 0. The molecule has 0 radical (unpaired) electrons. The first-order chi connectivity index (χ1) is 13.9. The van der Waals surface area contributed by atoms with Crippen LogP contribution in [0.15, 0.2) is 30.3 Å². The van der Waals surface area contributed by atoms with Gasteiger partial charge in [-0.3, -0.25) is 0 Å². The van der Waals surface area contributed by atoms with Crippen LogP contribution in [0, 0.1) is 36.2 Å². The third kappa shape index (κ3) is 5.05. The largest absolute Gasteiger partial charge is 0.206 e. The lowest BCUT2D eigenvalue weighted by Gasteiger charge is -2.32. The summed E-state index contributed by atoms with van der Waals surface area (Å²) in [6, 6.07) is 8.40. The Morgan fingerprint density at radius 3 is 2.21 bits per heavy atom. The zero-order valence-corrected chi connectivity index (χ0v) is 17.9. The normalized spacial score (nSPS) is 20.6. The maximum Gasteiger partial charge on any atom is 0.169 e. The average Bonchev–Trinajstić information content (AvgIpc) is 2.73. The zero-order chi connectivity index (χ0) is 21.0. The highest BCUT2D eigenvalue weighted by atomic mass is 19.2. The summed E-state index contributed by atoms with van der Waals surface area (Å²) in [6.45, 7) is 5.88. The van der Waals surface area contributed by atoms with Gasteiger partial charge in [-0.25, -0.2) is 13.2 Å². The molecule has 1 aliphatic rings. The molecule has 1 unspecified atom stereocenters. The molecule has 0 aliphatic heterocycles. The van der Waals surface area contributed by atoms with Crippen molar-refractivity contribution < 1.29 is 13.2 Å². The molecule has 0 bridgehead atoms. The summed E-state index contributed by atoms with van der Waals surface area (Å²) in [5.74, 6) is -0.837. The van der Waals surface area contributed by atoms with Gasteiger partial charge in [-0.2, -0.15) is 0 Å². The first-order valence-electron chi connectivity index (χ1n) is 11.2. The van der Waals surface area contributed by atoms with Crippen LogP contribution in [0.2, 0.25) is 0 Å². The van der Waals surface area contributed by atoms with E-state index >= 15 is 0 Å². The van der Waals surface area contributed by atoms with Crippen molar-refractivity contribution in [2.45, 2.75) is 78.1 Å². The lowest BCUT2D eigenvalue weighted by Crippen LogP contribution is -2.19. The molecule has 2 aromatic rings. The van der Waals surface area contributed by atoms with E-state index in [0.717, 1.165) is 12.0 Å². The van der Waals surface area contributed by atoms with Crippen molar-refractivity contribution in [3.05, 3.63) is 58.9 Å². The van der Waals surface area contributed by atoms with Crippen molar-refractivity contribution >= 4 is 0 Å². The van der Waals surface area contributed by atoms with Crippen molar-refractivity contribution in [2.24, 2.45) is 11.8 Å². The Hall–Kier alpha value is -1.77. The Balaban J connectivity index is 1.66. The number of aryl methyl sites for hydroxylation is 1. The summed E-state index contributed by atoms with van der Waals surface area (Å²) in [4.78, 5) is 0. The molecule has 0 nitrogen and oxygen atoms in total. The molecule has 0 amide bonds. The molecule has 0 N–H and O–H groups in total.